The van der Waals surface area contributed by atoms with Crippen LogP contribution in [-0.4, -0.2) is 15.0 Å². The molecule has 0 spiro atoms. The Morgan fingerprint density at radius 3 is 1.48 bits per heavy atom. The number of nitrogens with zero attached hydrogens (tertiary/aromatic N) is 3. The predicted molar refractivity (Wildman–Crippen MR) is 211 cm³/mol. The van der Waals surface area contributed by atoms with E-state index in [1.54, 1.807) is 0 Å². The van der Waals surface area contributed by atoms with Crippen LogP contribution in [0, 0.1) is 0 Å². The molecule has 0 radical (unpaired) electrons. The molecule has 0 aliphatic rings. The minimum Gasteiger partial charge on any atom is -0.456 e. The summed E-state index contributed by atoms with van der Waals surface area (Å²) in [6.45, 7) is 0. The Morgan fingerprint density at radius 2 is 0.788 bits per heavy atom. The molecule has 242 valence electrons. The zero-order chi connectivity index (χ0) is 34.2. The maximum Gasteiger partial charge on any atom is 0.164 e. The van der Waals surface area contributed by atoms with Gasteiger partial charge in [0, 0.05) is 38.2 Å². The lowest BCUT2D eigenvalue weighted by atomic mass is 9.99. The first-order chi connectivity index (χ1) is 25.7. The molecule has 0 aliphatic carbocycles. The van der Waals surface area contributed by atoms with Gasteiger partial charge in [-0.05, 0) is 75.1 Å². The molecule has 0 saturated heterocycles. The number of furan rings is 2. The van der Waals surface area contributed by atoms with Crippen LogP contribution in [0.4, 0.5) is 0 Å². The largest absolute Gasteiger partial charge is 0.456 e. The van der Waals surface area contributed by atoms with Gasteiger partial charge in [0.05, 0.1) is 0 Å². The van der Waals surface area contributed by atoms with Crippen molar-refractivity contribution in [2.24, 2.45) is 0 Å². The molecule has 3 aromatic heterocycles. The van der Waals surface area contributed by atoms with E-state index in [1.165, 1.54) is 10.8 Å². The Bertz CT molecular complexity index is 3210. The van der Waals surface area contributed by atoms with Crippen LogP contribution in [0.5, 0.6) is 0 Å². The Hall–Kier alpha value is -7.11. The fraction of sp³-hybridized carbons (Fsp3) is 0. The molecule has 0 fully saturated rings. The maximum absolute atomic E-state index is 6.55. The molecule has 0 atom stereocenters. The number of para-hydroxylation sites is 1. The van der Waals surface area contributed by atoms with E-state index in [2.05, 4.69) is 121 Å². The molecule has 0 bridgehead atoms. The summed E-state index contributed by atoms with van der Waals surface area (Å²) in [6, 6.07) is 56.4. The Balaban J connectivity index is 1.13. The lowest BCUT2D eigenvalue weighted by Gasteiger charge is -2.10. The second-order valence-corrected chi connectivity index (χ2v) is 13.2. The van der Waals surface area contributed by atoms with Crippen molar-refractivity contribution in [3.8, 4) is 45.3 Å². The van der Waals surface area contributed by atoms with E-state index in [0.29, 0.717) is 17.5 Å². The van der Waals surface area contributed by atoms with Crippen LogP contribution in [0.15, 0.2) is 173 Å². The lowest BCUT2D eigenvalue weighted by molar-refractivity contribution is 0.668. The van der Waals surface area contributed by atoms with Crippen molar-refractivity contribution in [1.82, 2.24) is 15.0 Å². The Labute approximate surface area is 297 Å². The molecule has 11 aromatic rings. The molecule has 0 amide bonds. The minimum atomic E-state index is 0.574. The SMILES string of the molecule is c1ccc2cc(-c3ccc4c(c3)oc3cccc(-c5nc(-c6ccc7ccccc7c6)nc(-c6cccc7oc8ccccc8c67)n5)c34)ccc2c1. The number of rotatable bonds is 4. The number of aromatic nitrogens is 3. The normalized spacial score (nSPS) is 11.8. The number of fused-ring (bicyclic) bond motifs is 8. The average molecular weight is 666 g/mol. The van der Waals surface area contributed by atoms with Gasteiger partial charge < -0.3 is 8.83 Å². The van der Waals surface area contributed by atoms with Crippen molar-refractivity contribution >= 4 is 65.4 Å². The number of hydrogen-bond acceptors (Lipinski definition) is 5. The summed E-state index contributed by atoms with van der Waals surface area (Å²) in [5, 5.41) is 8.69. The fourth-order valence-corrected chi connectivity index (χ4v) is 7.60. The third-order valence-electron chi connectivity index (χ3n) is 10.1. The van der Waals surface area contributed by atoms with Crippen molar-refractivity contribution in [1.29, 1.82) is 0 Å². The summed E-state index contributed by atoms with van der Waals surface area (Å²) in [7, 11) is 0. The molecule has 5 heteroatoms. The molecule has 3 heterocycles. The van der Waals surface area contributed by atoms with Crippen LogP contribution < -0.4 is 0 Å². The van der Waals surface area contributed by atoms with E-state index in [9.17, 15) is 0 Å². The summed E-state index contributed by atoms with van der Waals surface area (Å²) in [5.74, 6) is 1.75. The van der Waals surface area contributed by atoms with Gasteiger partial charge in [0.2, 0.25) is 0 Å². The van der Waals surface area contributed by atoms with E-state index in [4.69, 9.17) is 23.8 Å². The fourth-order valence-electron chi connectivity index (χ4n) is 7.60. The first-order valence-corrected chi connectivity index (χ1v) is 17.3. The van der Waals surface area contributed by atoms with Gasteiger partial charge in [0.1, 0.15) is 22.3 Å². The number of benzene rings is 8. The van der Waals surface area contributed by atoms with Crippen LogP contribution in [0.3, 0.4) is 0 Å². The minimum absolute atomic E-state index is 0.574. The van der Waals surface area contributed by atoms with E-state index >= 15 is 0 Å². The summed E-state index contributed by atoms with van der Waals surface area (Å²) >= 11 is 0. The zero-order valence-electron chi connectivity index (χ0n) is 27.7. The van der Waals surface area contributed by atoms with E-state index < -0.39 is 0 Å². The zero-order valence-corrected chi connectivity index (χ0v) is 27.7. The molecule has 5 nitrogen and oxygen atoms in total. The smallest absolute Gasteiger partial charge is 0.164 e. The van der Waals surface area contributed by atoms with Gasteiger partial charge in [-0.15, -0.1) is 0 Å². The molecule has 52 heavy (non-hydrogen) atoms. The topological polar surface area (TPSA) is 65.0 Å². The van der Waals surface area contributed by atoms with Gasteiger partial charge >= 0.3 is 0 Å². The van der Waals surface area contributed by atoms with Gasteiger partial charge in [-0.2, -0.15) is 0 Å². The summed E-state index contributed by atoms with van der Waals surface area (Å²) in [4.78, 5) is 15.6. The van der Waals surface area contributed by atoms with Crippen LogP contribution >= 0.6 is 0 Å². The first kappa shape index (κ1) is 28.7. The van der Waals surface area contributed by atoms with Crippen molar-refractivity contribution in [2.45, 2.75) is 0 Å². The second-order valence-electron chi connectivity index (χ2n) is 13.2. The number of hydrogen-bond donors (Lipinski definition) is 0. The van der Waals surface area contributed by atoms with E-state index in [-0.39, 0.29) is 0 Å². The highest BCUT2D eigenvalue weighted by Gasteiger charge is 2.21. The summed E-state index contributed by atoms with van der Waals surface area (Å²) < 4.78 is 12.8. The molecule has 11 rings (SSSR count). The van der Waals surface area contributed by atoms with Gasteiger partial charge in [-0.1, -0.05) is 121 Å². The summed E-state index contributed by atoms with van der Waals surface area (Å²) in [5.41, 5.74) is 8.13. The van der Waals surface area contributed by atoms with Crippen LogP contribution in [0.1, 0.15) is 0 Å². The maximum atomic E-state index is 6.55. The van der Waals surface area contributed by atoms with Crippen molar-refractivity contribution in [2.75, 3.05) is 0 Å². The Morgan fingerprint density at radius 1 is 0.308 bits per heavy atom. The van der Waals surface area contributed by atoms with Gasteiger partial charge in [0.25, 0.3) is 0 Å². The monoisotopic (exact) mass is 665 g/mol. The van der Waals surface area contributed by atoms with E-state index in [1.807, 2.05) is 42.5 Å². The van der Waals surface area contributed by atoms with Gasteiger partial charge in [0.15, 0.2) is 17.5 Å². The third-order valence-corrected chi connectivity index (χ3v) is 10.1. The van der Waals surface area contributed by atoms with Crippen molar-refractivity contribution < 1.29 is 8.83 Å². The third kappa shape index (κ3) is 4.53. The highest BCUT2D eigenvalue weighted by molar-refractivity contribution is 6.14. The molecule has 8 aromatic carbocycles. The Kier molecular flexibility index (Phi) is 6.18. The van der Waals surface area contributed by atoms with Crippen LogP contribution in [0.2, 0.25) is 0 Å². The van der Waals surface area contributed by atoms with Crippen molar-refractivity contribution in [3.05, 3.63) is 164 Å². The molecule has 0 N–H and O–H groups in total. The van der Waals surface area contributed by atoms with Crippen LogP contribution in [-0.2, 0) is 0 Å². The standard InChI is InChI=1S/C47H27N3O2/c1-3-11-30-25-32(21-19-28(30)9-1)33-23-24-36-42(27-33)52-41-18-8-15-38(44(36)41)47-49-45(34-22-20-29-10-2-4-12-31(29)26-34)48-46(50-47)37-14-7-17-40-43(37)35-13-5-6-16-39(35)51-40/h1-27H. The van der Waals surface area contributed by atoms with Gasteiger partial charge in [-0.25, -0.2) is 15.0 Å². The highest BCUT2D eigenvalue weighted by atomic mass is 16.3. The van der Waals surface area contributed by atoms with Crippen molar-refractivity contribution in [3.63, 3.8) is 0 Å². The molecular formula is C47H27N3O2. The average Bonchev–Trinajstić information content (AvgIpc) is 3.78. The predicted octanol–water partition coefficient (Wildman–Crippen LogP) is 12.6. The molecular weight excluding hydrogens is 639 g/mol. The summed E-state index contributed by atoms with van der Waals surface area (Å²) in [6.07, 6.45) is 0. The first-order valence-electron chi connectivity index (χ1n) is 17.3. The van der Waals surface area contributed by atoms with Gasteiger partial charge in [-0.3, -0.25) is 0 Å². The quantitative estimate of drug-likeness (QED) is 0.187. The van der Waals surface area contributed by atoms with E-state index in [0.717, 1.165) is 82.5 Å². The molecule has 0 aliphatic heterocycles. The second kappa shape index (κ2) is 11.2. The highest BCUT2D eigenvalue weighted by Crippen LogP contribution is 2.40. The lowest BCUT2D eigenvalue weighted by Crippen LogP contribution is -2.00. The molecule has 0 unspecified atom stereocenters. The molecule has 0 saturated carbocycles. The van der Waals surface area contributed by atoms with Crippen LogP contribution in [0.25, 0.3) is 111 Å².